The molecule has 0 aromatic heterocycles. The minimum atomic E-state index is -0.317. The number of para-hydroxylation sites is 1. The summed E-state index contributed by atoms with van der Waals surface area (Å²) in [4.78, 5) is 12.4. The second-order valence-electron chi connectivity index (χ2n) is 7.49. The SMILES string of the molecule is O=C(NN=CC(Cl)=Cc1ccccc1)c1ccc(COc2ccccc2-c2ccccc2)cc1. The maximum atomic E-state index is 12.4. The van der Waals surface area contributed by atoms with Gasteiger partial charge in [0, 0.05) is 11.1 Å². The molecule has 0 fully saturated rings. The zero-order valence-corrected chi connectivity index (χ0v) is 19.2. The molecule has 1 amide bonds. The van der Waals surface area contributed by atoms with E-state index in [0.717, 1.165) is 28.0 Å². The van der Waals surface area contributed by atoms with Gasteiger partial charge in [0.15, 0.2) is 0 Å². The molecular weight excluding hydrogens is 444 g/mol. The third kappa shape index (κ3) is 6.44. The van der Waals surface area contributed by atoms with Gasteiger partial charge in [-0.25, -0.2) is 5.43 Å². The van der Waals surface area contributed by atoms with Gasteiger partial charge in [0.25, 0.3) is 5.91 Å². The molecule has 0 aliphatic carbocycles. The van der Waals surface area contributed by atoms with Crippen LogP contribution >= 0.6 is 11.6 Å². The summed E-state index contributed by atoms with van der Waals surface area (Å²) in [5, 5.41) is 4.34. The van der Waals surface area contributed by atoms with Crippen molar-refractivity contribution in [3.8, 4) is 16.9 Å². The van der Waals surface area contributed by atoms with Crippen molar-refractivity contribution in [3.05, 3.63) is 131 Å². The lowest BCUT2D eigenvalue weighted by molar-refractivity contribution is 0.0955. The third-order valence-electron chi connectivity index (χ3n) is 5.04. The lowest BCUT2D eigenvalue weighted by Gasteiger charge is -2.12. The molecule has 0 heterocycles. The Labute approximate surface area is 204 Å². The maximum absolute atomic E-state index is 12.4. The number of carbonyl (C=O) groups excluding carboxylic acids is 1. The zero-order chi connectivity index (χ0) is 23.6. The first-order chi connectivity index (χ1) is 16.7. The van der Waals surface area contributed by atoms with Crippen molar-refractivity contribution in [1.29, 1.82) is 0 Å². The van der Waals surface area contributed by atoms with E-state index >= 15 is 0 Å². The lowest BCUT2D eigenvalue weighted by Crippen LogP contribution is -2.17. The van der Waals surface area contributed by atoms with Crippen molar-refractivity contribution in [2.45, 2.75) is 6.61 Å². The van der Waals surface area contributed by atoms with E-state index in [9.17, 15) is 4.79 Å². The smallest absolute Gasteiger partial charge is 0.271 e. The summed E-state index contributed by atoms with van der Waals surface area (Å²) >= 11 is 6.15. The monoisotopic (exact) mass is 466 g/mol. The standard InChI is InChI=1S/C29H23ClN2O2/c30-26(19-22-9-3-1-4-10-22)20-31-32-29(33)25-17-15-23(16-18-25)21-34-28-14-8-7-13-27(28)24-11-5-2-6-12-24/h1-20H,21H2,(H,32,33). The molecule has 0 radical (unpaired) electrons. The van der Waals surface area contributed by atoms with Crippen molar-refractivity contribution in [2.24, 2.45) is 5.10 Å². The summed E-state index contributed by atoms with van der Waals surface area (Å²) in [5.41, 5.74) is 7.04. The average Bonchev–Trinajstić information content (AvgIpc) is 2.89. The van der Waals surface area contributed by atoms with Crippen LogP contribution in [-0.4, -0.2) is 12.1 Å². The molecule has 168 valence electrons. The first-order valence-corrected chi connectivity index (χ1v) is 11.2. The molecule has 0 aliphatic rings. The molecule has 4 aromatic carbocycles. The molecule has 5 heteroatoms. The summed E-state index contributed by atoms with van der Waals surface area (Å²) in [6.45, 7) is 0.393. The second-order valence-corrected chi connectivity index (χ2v) is 7.92. The Morgan fingerprint density at radius 1 is 0.824 bits per heavy atom. The fourth-order valence-electron chi connectivity index (χ4n) is 3.33. The molecule has 0 aliphatic heterocycles. The van der Waals surface area contributed by atoms with E-state index in [1.54, 1.807) is 18.2 Å². The van der Waals surface area contributed by atoms with Crippen molar-refractivity contribution >= 4 is 29.8 Å². The molecule has 0 saturated carbocycles. The number of ether oxygens (including phenoxy) is 1. The van der Waals surface area contributed by atoms with Crippen molar-refractivity contribution in [2.75, 3.05) is 0 Å². The minimum absolute atomic E-state index is 0.317. The summed E-state index contributed by atoms with van der Waals surface area (Å²) in [7, 11) is 0. The van der Waals surface area contributed by atoms with Crippen molar-refractivity contribution in [1.82, 2.24) is 5.43 Å². The predicted molar refractivity (Wildman–Crippen MR) is 139 cm³/mol. The molecule has 0 saturated heterocycles. The van der Waals surface area contributed by atoms with Gasteiger partial charge >= 0.3 is 0 Å². The van der Waals surface area contributed by atoms with E-state index in [1.165, 1.54) is 6.21 Å². The summed E-state index contributed by atoms with van der Waals surface area (Å²) in [6, 6.07) is 34.9. The highest BCUT2D eigenvalue weighted by Crippen LogP contribution is 2.30. The number of hydrogen-bond donors (Lipinski definition) is 1. The Hall–Kier alpha value is -4.15. The summed E-state index contributed by atoms with van der Waals surface area (Å²) in [6.07, 6.45) is 3.17. The molecule has 0 unspecified atom stereocenters. The molecule has 4 nitrogen and oxygen atoms in total. The minimum Gasteiger partial charge on any atom is -0.488 e. The molecule has 34 heavy (non-hydrogen) atoms. The fraction of sp³-hybridized carbons (Fsp3) is 0.0345. The van der Waals surface area contributed by atoms with Gasteiger partial charge in [0.05, 0.1) is 11.2 Å². The Morgan fingerprint density at radius 2 is 1.47 bits per heavy atom. The first-order valence-electron chi connectivity index (χ1n) is 10.8. The van der Waals surface area contributed by atoms with Crippen molar-refractivity contribution < 1.29 is 9.53 Å². The van der Waals surface area contributed by atoms with Gasteiger partial charge in [-0.2, -0.15) is 5.10 Å². The highest BCUT2D eigenvalue weighted by molar-refractivity contribution is 6.41. The Morgan fingerprint density at radius 3 is 2.21 bits per heavy atom. The van der Waals surface area contributed by atoms with Crippen LogP contribution in [0.25, 0.3) is 17.2 Å². The van der Waals surface area contributed by atoms with Gasteiger partial charge in [-0.3, -0.25) is 4.79 Å². The predicted octanol–water partition coefficient (Wildman–Crippen LogP) is 6.93. The van der Waals surface area contributed by atoms with Crippen LogP contribution < -0.4 is 10.2 Å². The van der Waals surface area contributed by atoms with E-state index < -0.39 is 0 Å². The van der Waals surface area contributed by atoms with Crippen LogP contribution in [0.15, 0.2) is 119 Å². The van der Waals surface area contributed by atoms with Crippen LogP contribution in [0.4, 0.5) is 0 Å². The van der Waals surface area contributed by atoms with Crippen molar-refractivity contribution in [3.63, 3.8) is 0 Å². The second kappa shape index (κ2) is 11.6. The summed E-state index contributed by atoms with van der Waals surface area (Å²) < 4.78 is 6.07. The normalized spacial score (nSPS) is 11.4. The number of hydrazone groups is 1. The molecular formula is C29H23ClN2O2. The Balaban J connectivity index is 1.33. The molecule has 0 atom stereocenters. The maximum Gasteiger partial charge on any atom is 0.271 e. The topological polar surface area (TPSA) is 50.7 Å². The van der Waals surface area contributed by atoms with E-state index in [4.69, 9.17) is 16.3 Å². The third-order valence-corrected chi connectivity index (χ3v) is 5.25. The highest BCUT2D eigenvalue weighted by Gasteiger charge is 2.07. The Kier molecular flexibility index (Phi) is 7.88. The van der Waals surface area contributed by atoms with Crippen LogP contribution in [0, 0.1) is 0 Å². The van der Waals surface area contributed by atoms with Gasteiger partial charge in [0.1, 0.15) is 12.4 Å². The van der Waals surface area contributed by atoms with E-state index in [1.807, 2.05) is 84.9 Å². The highest BCUT2D eigenvalue weighted by atomic mass is 35.5. The molecule has 4 aromatic rings. The number of amides is 1. The largest absolute Gasteiger partial charge is 0.488 e. The van der Waals surface area contributed by atoms with Gasteiger partial charge in [-0.05, 0) is 41.0 Å². The van der Waals surface area contributed by atoms with Gasteiger partial charge in [-0.1, -0.05) is 103 Å². The summed E-state index contributed by atoms with van der Waals surface area (Å²) in [5.74, 6) is 0.493. The fourth-order valence-corrected chi connectivity index (χ4v) is 3.50. The number of benzene rings is 4. The van der Waals surface area contributed by atoms with Gasteiger partial charge < -0.3 is 4.74 Å². The van der Waals surface area contributed by atoms with Crippen LogP contribution in [0.1, 0.15) is 21.5 Å². The average molecular weight is 467 g/mol. The number of nitrogens with one attached hydrogen (secondary N) is 1. The number of rotatable bonds is 8. The number of allylic oxidation sites excluding steroid dienone is 1. The van der Waals surface area contributed by atoms with E-state index in [0.29, 0.717) is 17.2 Å². The van der Waals surface area contributed by atoms with E-state index in [-0.39, 0.29) is 5.91 Å². The molecule has 4 rings (SSSR count). The molecule has 0 bridgehead atoms. The first kappa shape index (κ1) is 23.0. The zero-order valence-electron chi connectivity index (χ0n) is 18.4. The van der Waals surface area contributed by atoms with Crippen LogP contribution in [-0.2, 0) is 6.61 Å². The van der Waals surface area contributed by atoms with Crippen LogP contribution in [0.2, 0.25) is 0 Å². The lowest BCUT2D eigenvalue weighted by atomic mass is 10.0. The van der Waals surface area contributed by atoms with Gasteiger partial charge in [-0.15, -0.1) is 0 Å². The number of hydrogen-bond acceptors (Lipinski definition) is 3. The van der Waals surface area contributed by atoms with Gasteiger partial charge in [0.2, 0.25) is 0 Å². The Bertz CT molecular complexity index is 1280. The number of halogens is 1. The number of nitrogens with zero attached hydrogens (tertiary/aromatic N) is 1. The molecule has 0 spiro atoms. The quantitative estimate of drug-likeness (QED) is 0.226. The van der Waals surface area contributed by atoms with E-state index in [2.05, 4.69) is 22.7 Å². The van der Waals surface area contributed by atoms with Crippen LogP contribution in [0.3, 0.4) is 0 Å². The molecule has 1 N–H and O–H groups in total. The van der Waals surface area contributed by atoms with Crippen LogP contribution in [0.5, 0.6) is 5.75 Å². The number of carbonyl (C=O) groups is 1.